The zero-order valence-electron chi connectivity index (χ0n) is 26.9. The quantitative estimate of drug-likeness (QED) is 0.243. The molecule has 2 aliphatic rings. The fourth-order valence-electron chi connectivity index (χ4n) is 7.27. The first-order valence-corrected chi connectivity index (χ1v) is 16.9. The number of nitrogens with zero attached hydrogens (tertiary/aromatic N) is 6. The SMILES string of the molecule is Cc1cc(C[C@@H](CC(=O)N2CCC(n3c(=O)[nH]c4c5ccccc5ncc43)CC2)C(=O)N2CCN(c3ccncc3)CC2)cc(Cl)c1N. The normalized spacial score (nSPS) is 16.5. The number of halogens is 1. The van der Waals surface area contributed by atoms with Gasteiger partial charge < -0.3 is 25.4 Å². The number of fused-ring (bicyclic) bond motifs is 3. The lowest BCUT2D eigenvalue weighted by Gasteiger charge is -2.38. The van der Waals surface area contributed by atoms with Crippen LogP contribution in [0.2, 0.25) is 5.02 Å². The second-order valence-corrected chi connectivity index (χ2v) is 13.3. The molecule has 1 atom stereocenters. The molecule has 248 valence electrons. The van der Waals surface area contributed by atoms with Crippen LogP contribution in [-0.2, 0) is 16.0 Å². The molecule has 0 saturated carbocycles. The Labute approximate surface area is 283 Å². The van der Waals surface area contributed by atoms with Crippen LogP contribution in [0, 0.1) is 12.8 Å². The summed E-state index contributed by atoms with van der Waals surface area (Å²) in [7, 11) is 0. The van der Waals surface area contributed by atoms with Crippen LogP contribution in [0.3, 0.4) is 0 Å². The van der Waals surface area contributed by atoms with Crippen molar-refractivity contribution >= 4 is 56.7 Å². The van der Waals surface area contributed by atoms with E-state index in [1.807, 2.05) is 59.2 Å². The van der Waals surface area contributed by atoms with Crippen molar-refractivity contribution in [3.8, 4) is 0 Å². The Morgan fingerprint density at radius 2 is 1.73 bits per heavy atom. The number of para-hydroxylation sites is 1. The number of benzene rings is 2. The number of piperidine rings is 1. The van der Waals surface area contributed by atoms with E-state index in [4.69, 9.17) is 17.3 Å². The number of nitrogens with one attached hydrogen (secondary N) is 1. The van der Waals surface area contributed by atoms with E-state index in [2.05, 4.69) is 19.9 Å². The van der Waals surface area contributed by atoms with E-state index in [1.54, 1.807) is 29.2 Å². The zero-order chi connectivity index (χ0) is 33.4. The molecule has 7 rings (SSSR count). The van der Waals surface area contributed by atoms with Crippen LogP contribution < -0.4 is 16.3 Å². The molecular weight excluding hydrogens is 628 g/mol. The van der Waals surface area contributed by atoms with Crippen molar-refractivity contribution in [1.82, 2.24) is 29.3 Å². The number of aromatic nitrogens is 4. The van der Waals surface area contributed by atoms with Gasteiger partial charge >= 0.3 is 5.69 Å². The Kier molecular flexibility index (Phi) is 8.79. The summed E-state index contributed by atoms with van der Waals surface area (Å²) in [6.07, 6.45) is 7.05. The molecule has 2 aromatic carbocycles. The van der Waals surface area contributed by atoms with Gasteiger partial charge in [-0.1, -0.05) is 35.9 Å². The number of hydrogen-bond donors (Lipinski definition) is 2. The van der Waals surface area contributed by atoms with Crippen LogP contribution in [0.15, 0.2) is 71.9 Å². The topological polar surface area (TPSA) is 133 Å². The van der Waals surface area contributed by atoms with Gasteiger partial charge in [-0.2, -0.15) is 0 Å². The Bertz CT molecular complexity index is 2010. The van der Waals surface area contributed by atoms with E-state index in [0.29, 0.717) is 69.2 Å². The lowest BCUT2D eigenvalue weighted by molar-refractivity contribution is -0.142. The van der Waals surface area contributed by atoms with Crippen LogP contribution in [0.4, 0.5) is 11.4 Å². The molecule has 2 fully saturated rings. The van der Waals surface area contributed by atoms with Gasteiger partial charge in [-0.05, 0) is 61.6 Å². The number of pyridine rings is 2. The molecule has 0 bridgehead atoms. The molecule has 0 radical (unpaired) electrons. The highest BCUT2D eigenvalue weighted by Crippen LogP contribution is 2.30. The van der Waals surface area contributed by atoms with Crippen molar-refractivity contribution in [2.24, 2.45) is 5.92 Å². The zero-order valence-corrected chi connectivity index (χ0v) is 27.7. The average molecular weight is 667 g/mol. The molecule has 2 saturated heterocycles. The molecule has 3 N–H and O–H groups in total. The molecule has 5 heterocycles. The molecule has 2 amide bonds. The molecular formula is C36H39ClN8O3. The first-order chi connectivity index (χ1) is 23.3. The van der Waals surface area contributed by atoms with E-state index in [1.165, 1.54) is 0 Å². The number of anilines is 2. The van der Waals surface area contributed by atoms with Crippen molar-refractivity contribution < 1.29 is 9.59 Å². The minimum absolute atomic E-state index is 0.0247. The summed E-state index contributed by atoms with van der Waals surface area (Å²) in [6.45, 7) is 5.45. The molecule has 0 spiro atoms. The van der Waals surface area contributed by atoms with Gasteiger partial charge in [0.2, 0.25) is 11.8 Å². The lowest BCUT2D eigenvalue weighted by atomic mass is 9.92. The first-order valence-electron chi connectivity index (χ1n) is 16.5. The fourth-order valence-corrected chi connectivity index (χ4v) is 7.56. The Morgan fingerprint density at radius 3 is 2.46 bits per heavy atom. The highest BCUT2D eigenvalue weighted by atomic mass is 35.5. The standard InChI is InChI=1S/C36H39ClN8O3/c1-23-18-24(20-29(37)33(23)38)19-25(35(47)44-16-14-42(15-17-44)26-6-10-39-11-7-26)21-32(46)43-12-8-27(9-13-43)45-31-22-40-30-5-3-2-4-28(30)34(31)41-36(45)48/h2-7,10-11,18,20,22,25,27H,8-9,12-17,19,21,38H2,1H3,(H,41,48)/t25-/m0/s1. The Balaban J connectivity index is 1.05. The van der Waals surface area contributed by atoms with Gasteiger partial charge in [0.05, 0.1) is 39.4 Å². The van der Waals surface area contributed by atoms with Crippen LogP contribution in [0.25, 0.3) is 21.9 Å². The van der Waals surface area contributed by atoms with E-state index in [-0.39, 0.29) is 30.0 Å². The summed E-state index contributed by atoms with van der Waals surface area (Å²) >= 11 is 6.43. The number of aromatic amines is 1. The number of rotatable bonds is 7. The number of nitrogen functional groups attached to an aromatic ring is 1. The minimum Gasteiger partial charge on any atom is -0.397 e. The van der Waals surface area contributed by atoms with Crippen molar-refractivity contribution in [2.45, 2.75) is 38.6 Å². The maximum atomic E-state index is 14.1. The number of likely N-dealkylation sites (tertiary alicyclic amines) is 1. The van der Waals surface area contributed by atoms with Gasteiger partial charge in [0.25, 0.3) is 0 Å². The summed E-state index contributed by atoms with van der Waals surface area (Å²) in [5, 5.41) is 1.36. The molecule has 3 aromatic heterocycles. The van der Waals surface area contributed by atoms with E-state index < -0.39 is 5.92 Å². The molecule has 48 heavy (non-hydrogen) atoms. The van der Waals surface area contributed by atoms with Crippen molar-refractivity contribution in [3.05, 3.63) is 93.8 Å². The Morgan fingerprint density at radius 1 is 1.00 bits per heavy atom. The van der Waals surface area contributed by atoms with E-state index >= 15 is 0 Å². The number of aryl methyl sites for hydroxylation is 1. The smallest absolute Gasteiger partial charge is 0.326 e. The monoisotopic (exact) mass is 666 g/mol. The second kappa shape index (κ2) is 13.3. The number of carbonyl (C=O) groups excluding carboxylic acids is 2. The second-order valence-electron chi connectivity index (χ2n) is 12.9. The average Bonchev–Trinajstić information content (AvgIpc) is 3.46. The molecule has 11 nitrogen and oxygen atoms in total. The van der Waals surface area contributed by atoms with E-state index in [9.17, 15) is 14.4 Å². The molecule has 0 aliphatic carbocycles. The van der Waals surface area contributed by atoms with Crippen molar-refractivity contribution in [3.63, 3.8) is 0 Å². The number of H-pyrrole nitrogens is 1. The summed E-state index contributed by atoms with van der Waals surface area (Å²) in [5.74, 6) is -0.625. The van der Waals surface area contributed by atoms with Gasteiger partial charge in [-0.3, -0.25) is 24.1 Å². The van der Waals surface area contributed by atoms with Crippen molar-refractivity contribution in [1.29, 1.82) is 0 Å². The highest BCUT2D eigenvalue weighted by Gasteiger charge is 2.33. The van der Waals surface area contributed by atoms with Gasteiger partial charge in [0.15, 0.2) is 0 Å². The predicted molar refractivity (Wildman–Crippen MR) is 188 cm³/mol. The van der Waals surface area contributed by atoms with Gasteiger partial charge in [0.1, 0.15) is 0 Å². The summed E-state index contributed by atoms with van der Waals surface area (Å²) in [6, 6.07) is 15.4. The van der Waals surface area contributed by atoms with Crippen molar-refractivity contribution in [2.75, 3.05) is 49.9 Å². The third kappa shape index (κ3) is 6.22. The maximum Gasteiger partial charge on any atom is 0.326 e. The number of imidazole rings is 1. The van der Waals surface area contributed by atoms with E-state index in [0.717, 1.165) is 38.8 Å². The maximum absolute atomic E-state index is 14.1. The van der Waals surface area contributed by atoms with Gasteiger partial charge in [-0.15, -0.1) is 0 Å². The highest BCUT2D eigenvalue weighted by molar-refractivity contribution is 6.33. The van der Waals surface area contributed by atoms with Crippen LogP contribution in [0.1, 0.15) is 36.4 Å². The predicted octanol–water partition coefficient (Wildman–Crippen LogP) is 4.58. The molecule has 2 aliphatic heterocycles. The fraction of sp³-hybridized carbons (Fsp3) is 0.361. The minimum atomic E-state index is -0.544. The third-order valence-electron chi connectivity index (χ3n) is 9.92. The number of amides is 2. The number of piperazine rings is 1. The Hall–Kier alpha value is -4.90. The van der Waals surface area contributed by atoms with Crippen LogP contribution in [0.5, 0.6) is 0 Å². The molecule has 0 unspecified atom stereocenters. The van der Waals surface area contributed by atoms with Crippen LogP contribution >= 0.6 is 11.6 Å². The third-order valence-corrected chi connectivity index (χ3v) is 10.2. The van der Waals surface area contributed by atoms with Crippen LogP contribution in [-0.4, -0.2) is 80.4 Å². The summed E-state index contributed by atoms with van der Waals surface area (Å²) in [5.41, 5.74) is 11.7. The number of nitrogens with two attached hydrogens (primary N) is 1. The number of carbonyl (C=O) groups is 2. The molecule has 12 heteroatoms. The molecule has 5 aromatic rings. The first kappa shape index (κ1) is 31.7. The number of hydrogen-bond acceptors (Lipinski definition) is 7. The largest absolute Gasteiger partial charge is 0.397 e. The van der Waals surface area contributed by atoms with Gasteiger partial charge in [0, 0.05) is 75.2 Å². The lowest BCUT2D eigenvalue weighted by Crippen LogP contribution is -2.51. The summed E-state index contributed by atoms with van der Waals surface area (Å²) < 4.78 is 1.79. The summed E-state index contributed by atoms with van der Waals surface area (Å²) in [4.78, 5) is 58.8. The van der Waals surface area contributed by atoms with Gasteiger partial charge in [-0.25, -0.2) is 4.79 Å².